The molecule has 0 bridgehead atoms. The van der Waals surface area contributed by atoms with Crippen molar-refractivity contribution in [2.45, 2.75) is 38.4 Å². The fraction of sp³-hybridized carbons (Fsp3) is 0.241. The summed E-state index contributed by atoms with van der Waals surface area (Å²) in [5.74, 6) is 0.182. The lowest BCUT2D eigenvalue weighted by Crippen LogP contribution is -2.38. The predicted molar refractivity (Wildman–Crippen MR) is 134 cm³/mol. The van der Waals surface area contributed by atoms with E-state index in [-0.39, 0.29) is 5.92 Å². The Morgan fingerprint density at radius 1 is 0.688 bits per heavy atom. The Kier molecular flexibility index (Phi) is 6.71. The van der Waals surface area contributed by atoms with Crippen LogP contribution in [0.3, 0.4) is 0 Å². The van der Waals surface area contributed by atoms with Crippen molar-refractivity contribution in [3.05, 3.63) is 130 Å². The highest BCUT2D eigenvalue weighted by molar-refractivity contribution is 5.57. The van der Waals surface area contributed by atoms with Gasteiger partial charge in [0.05, 0.1) is 5.41 Å². The topological polar surface area (TPSA) is 78.1 Å². The van der Waals surface area contributed by atoms with Gasteiger partial charge in [-0.1, -0.05) is 104 Å². The fourth-order valence-corrected chi connectivity index (χ4v) is 5.15. The molecule has 1 aliphatic rings. The Bertz CT molecular complexity index is 1030. The van der Waals surface area contributed by atoms with Gasteiger partial charge in [-0.2, -0.15) is 0 Å². The molecule has 0 saturated carbocycles. The van der Waals surface area contributed by atoms with Crippen LogP contribution >= 0.6 is 0 Å². The number of rotatable bonds is 8. The van der Waals surface area contributed by atoms with Gasteiger partial charge in [-0.25, -0.2) is 0 Å². The van der Waals surface area contributed by atoms with Gasteiger partial charge in [-0.3, -0.25) is 0 Å². The summed E-state index contributed by atoms with van der Waals surface area (Å²) in [5.41, 5.74) is 26.3. The highest BCUT2D eigenvalue weighted by Gasteiger charge is 2.45. The third-order valence-electron chi connectivity index (χ3n) is 6.74. The van der Waals surface area contributed by atoms with Crippen molar-refractivity contribution in [1.29, 1.82) is 0 Å². The normalized spacial score (nSPS) is 15.8. The average Bonchev–Trinajstić information content (AvgIpc) is 3.34. The minimum atomic E-state index is -0.420. The standard InChI is InChI=1S/C29H33N3/c1-2-24-10-6-14-28(24)29(25-11-3-7-21(15-25)18-30,26-12-4-8-22(16-26)19-31)27-13-5-9-23(17-27)20-32/h3-17,28H,2,18-20,30-32H2,1H3. The minimum Gasteiger partial charge on any atom is -0.326 e. The third kappa shape index (κ3) is 3.84. The van der Waals surface area contributed by atoms with Gasteiger partial charge in [0.25, 0.3) is 0 Å². The number of hydrogen-bond acceptors (Lipinski definition) is 3. The Hall–Kier alpha value is -2.98. The number of hydrogen-bond donors (Lipinski definition) is 3. The summed E-state index contributed by atoms with van der Waals surface area (Å²) in [6, 6.07) is 26.2. The summed E-state index contributed by atoms with van der Waals surface area (Å²) in [5, 5.41) is 0. The second-order valence-corrected chi connectivity index (χ2v) is 8.48. The van der Waals surface area contributed by atoms with Gasteiger partial charge in [0.2, 0.25) is 0 Å². The van der Waals surface area contributed by atoms with Crippen molar-refractivity contribution in [2.75, 3.05) is 0 Å². The maximum absolute atomic E-state index is 6.08. The summed E-state index contributed by atoms with van der Waals surface area (Å²) in [6.45, 7) is 3.76. The van der Waals surface area contributed by atoms with E-state index in [1.54, 1.807) is 0 Å². The van der Waals surface area contributed by atoms with E-state index in [0.717, 1.165) is 23.1 Å². The highest BCUT2D eigenvalue weighted by Crippen LogP contribution is 2.51. The van der Waals surface area contributed by atoms with E-state index < -0.39 is 5.41 Å². The molecule has 3 aromatic carbocycles. The molecule has 3 nitrogen and oxygen atoms in total. The molecular weight excluding hydrogens is 390 g/mol. The van der Waals surface area contributed by atoms with Crippen molar-refractivity contribution in [3.63, 3.8) is 0 Å². The van der Waals surface area contributed by atoms with Crippen LogP contribution in [0.5, 0.6) is 0 Å². The van der Waals surface area contributed by atoms with Crippen molar-refractivity contribution >= 4 is 0 Å². The monoisotopic (exact) mass is 423 g/mol. The molecule has 1 atom stereocenters. The zero-order valence-electron chi connectivity index (χ0n) is 18.8. The SMILES string of the molecule is CCC1=CC=CC1C(c1cccc(CN)c1)(c1cccc(CN)c1)c1cccc(CN)c1. The van der Waals surface area contributed by atoms with E-state index >= 15 is 0 Å². The zero-order valence-corrected chi connectivity index (χ0v) is 18.8. The van der Waals surface area contributed by atoms with Crippen molar-refractivity contribution in [3.8, 4) is 0 Å². The molecule has 0 radical (unpaired) electrons. The van der Waals surface area contributed by atoms with Crippen LogP contribution in [-0.4, -0.2) is 0 Å². The van der Waals surface area contributed by atoms with Gasteiger partial charge < -0.3 is 17.2 Å². The molecule has 1 unspecified atom stereocenters. The molecule has 32 heavy (non-hydrogen) atoms. The summed E-state index contributed by atoms with van der Waals surface area (Å²) >= 11 is 0. The van der Waals surface area contributed by atoms with Crippen molar-refractivity contribution in [1.82, 2.24) is 0 Å². The van der Waals surface area contributed by atoms with E-state index in [1.807, 2.05) is 0 Å². The van der Waals surface area contributed by atoms with E-state index in [2.05, 4.69) is 97.9 Å². The summed E-state index contributed by atoms with van der Waals surface area (Å²) in [4.78, 5) is 0. The quantitative estimate of drug-likeness (QED) is 0.450. The van der Waals surface area contributed by atoms with E-state index in [9.17, 15) is 0 Å². The lowest BCUT2D eigenvalue weighted by atomic mass is 9.59. The van der Waals surface area contributed by atoms with Crippen LogP contribution in [0.25, 0.3) is 0 Å². The first-order valence-corrected chi connectivity index (χ1v) is 11.4. The van der Waals surface area contributed by atoms with Crippen LogP contribution in [0, 0.1) is 5.92 Å². The van der Waals surface area contributed by atoms with E-state index in [0.29, 0.717) is 19.6 Å². The molecule has 0 aromatic heterocycles. The molecule has 164 valence electrons. The molecule has 3 aromatic rings. The summed E-state index contributed by atoms with van der Waals surface area (Å²) in [6.07, 6.45) is 7.80. The van der Waals surface area contributed by atoms with Gasteiger partial charge in [-0.15, -0.1) is 0 Å². The van der Waals surface area contributed by atoms with Crippen LogP contribution in [0.4, 0.5) is 0 Å². The van der Waals surface area contributed by atoms with E-state index in [1.165, 1.54) is 22.3 Å². The largest absolute Gasteiger partial charge is 0.326 e. The Morgan fingerprint density at radius 2 is 1.12 bits per heavy atom. The Balaban J connectivity index is 2.12. The predicted octanol–water partition coefficient (Wildman–Crippen LogP) is 4.92. The fourth-order valence-electron chi connectivity index (χ4n) is 5.15. The summed E-state index contributed by atoms with van der Waals surface area (Å²) < 4.78 is 0. The number of nitrogens with two attached hydrogens (primary N) is 3. The zero-order chi connectivity index (χ0) is 22.6. The molecule has 0 spiro atoms. The molecule has 0 saturated heterocycles. The van der Waals surface area contributed by atoms with Gasteiger partial charge in [0.15, 0.2) is 0 Å². The van der Waals surface area contributed by atoms with E-state index in [4.69, 9.17) is 17.2 Å². The van der Waals surface area contributed by atoms with Crippen LogP contribution < -0.4 is 17.2 Å². The first-order chi connectivity index (χ1) is 15.7. The van der Waals surface area contributed by atoms with Crippen molar-refractivity contribution < 1.29 is 0 Å². The van der Waals surface area contributed by atoms with Crippen LogP contribution in [-0.2, 0) is 25.0 Å². The van der Waals surface area contributed by atoms with Gasteiger partial charge in [0, 0.05) is 25.6 Å². The first kappa shape index (κ1) is 22.2. The lowest BCUT2D eigenvalue weighted by Gasteiger charge is -2.42. The van der Waals surface area contributed by atoms with Gasteiger partial charge >= 0.3 is 0 Å². The van der Waals surface area contributed by atoms with Crippen LogP contribution in [0.15, 0.2) is 96.6 Å². The molecule has 0 fully saturated rings. The molecule has 0 heterocycles. The molecule has 3 heteroatoms. The van der Waals surface area contributed by atoms with Gasteiger partial charge in [0.1, 0.15) is 0 Å². The smallest absolute Gasteiger partial charge is 0.0551 e. The lowest BCUT2D eigenvalue weighted by molar-refractivity contribution is 0.497. The molecule has 6 N–H and O–H groups in total. The Labute approximate surface area is 191 Å². The second kappa shape index (κ2) is 9.66. The number of benzene rings is 3. The van der Waals surface area contributed by atoms with Crippen LogP contribution in [0.1, 0.15) is 46.7 Å². The van der Waals surface area contributed by atoms with Crippen molar-refractivity contribution in [2.24, 2.45) is 23.1 Å². The molecule has 1 aliphatic carbocycles. The summed E-state index contributed by atoms with van der Waals surface area (Å²) in [7, 11) is 0. The molecular formula is C29H33N3. The highest BCUT2D eigenvalue weighted by atomic mass is 14.5. The molecule has 4 rings (SSSR count). The Morgan fingerprint density at radius 3 is 1.50 bits per heavy atom. The molecule has 0 amide bonds. The number of allylic oxidation sites excluding steroid dienone is 4. The van der Waals surface area contributed by atoms with Gasteiger partial charge in [-0.05, 0) is 39.8 Å². The third-order valence-corrected chi connectivity index (χ3v) is 6.74. The average molecular weight is 424 g/mol. The molecule has 0 aliphatic heterocycles. The maximum Gasteiger partial charge on any atom is 0.0551 e. The minimum absolute atomic E-state index is 0.182. The maximum atomic E-state index is 6.08. The van der Waals surface area contributed by atoms with Crippen LogP contribution in [0.2, 0.25) is 0 Å². The second-order valence-electron chi connectivity index (χ2n) is 8.48. The first-order valence-electron chi connectivity index (χ1n) is 11.4.